The predicted octanol–water partition coefficient (Wildman–Crippen LogP) is 3.84. The molecule has 0 aliphatic heterocycles. The molecule has 114 valence electrons. The Morgan fingerprint density at radius 2 is 2.00 bits per heavy atom. The summed E-state index contributed by atoms with van der Waals surface area (Å²) in [6, 6.07) is 2.92. The van der Waals surface area contributed by atoms with Crippen molar-refractivity contribution < 1.29 is 0 Å². The van der Waals surface area contributed by atoms with Crippen molar-refractivity contribution >= 4 is 0 Å². The first-order chi connectivity index (χ1) is 9.69. The van der Waals surface area contributed by atoms with Crippen molar-refractivity contribution in [2.45, 2.75) is 78.3 Å². The molecule has 20 heavy (non-hydrogen) atoms. The van der Waals surface area contributed by atoms with E-state index in [0.29, 0.717) is 0 Å². The molecule has 2 rings (SSSR count). The monoisotopic (exact) mass is 277 g/mol. The van der Waals surface area contributed by atoms with E-state index in [1.54, 1.807) is 0 Å². The van der Waals surface area contributed by atoms with Gasteiger partial charge in [-0.1, -0.05) is 19.8 Å². The van der Waals surface area contributed by atoms with Gasteiger partial charge in [-0.05, 0) is 64.5 Å². The topological polar surface area (TPSA) is 29.9 Å². The lowest BCUT2D eigenvalue weighted by Crippen LogP contribution is -2.34. The average molecular weight is 277 g/mol. The molecule has 0 aromatic carbocycles. The molecule has 1 aromatic heterocycles. The first-order valence-electron chi connectivity index (χ1n) is 8.43. The molecule has 0 amide bonds. The number of hydrogen-bond acceptors (Lipinski definition) is 2. The number of aromatic nitrogens is 2. The molecular weight excluding hydrogens is 246 g/mol. The largest absolute Gasteiger partial charge is 0.314 e. The molecule has 3 heteroatoms. The zero-order chi connectivity index (χ0) is 14.4. The van der Waals surface area contributed by atoms with E-state index >= 15 is 0 Å². The minimum Gasteiger partial charge on any atom is -0.314 e. The van der Waals surface area contributed by atoms with E-state index in [9.17, 15) is 0 Å². The molecule has 0 saturated heterocycles. The van der Waals surface area contributed by atoms with Gasteiger partial charge in [-0.25, -0.2) is 0 Å². The molecule has 1 aliphatic carbocycles. The second-order valence-corrected chi connectivity index (χ2v) is 6.46. The lowest BCUT2D eigenvalue weighted by molar-refractivity contribution is 0.277. The summed E-state index contributed by atoms with van der Waals surface area (Å²) in [7, 11) is 0. The molecule has 1 saturated carbocycles. The minimum absolute atomic E-state index is 0.767. The Hall–Kier alpha value is -0.830. The number of hydrogen-bond donors (Lipinski definition) is 1. The van der Waals surface area contributed by atoms with E-state index in [2.05, 4.69) is 41.9 Å². The maximum absolute atomic E-state index is 4.51. The van der Waals surface area contributed by atoms with Crippen molar-refractivity contribution in [3.63, 3.8) is 0 Å². The second kappa shape index (κ2) is 7.82. The Morgan fingerprint density at radius 3 is 2.60 bits per heavy atom. The maximum atomic E-state index is 4.51. The van der Waals surface area contributed by atoms with Gasteiger partial charge < -0.3 is 5.32 Å². The Labute approximate surface area is 124 Å². The van der Waals surface area contributed by atoms with Crippen LogP contribution in [0.4, 0.5) is 0 Å². The number of rotatable bonds is 7. The van der Waals surface area contributed by atoms with Crippen LogP contribution in [-0.4, -0.2) is 22.4 Å². The standard InChI is InChI=1S/C17H31N3/c1-4-6-16-7-9-17(10-8-16)18-11-5-12-20-15(3)13-14(2)19-20/h13,16-18H,4-12H2,1-3H3. The molecule has 0 bridgehead atoms. The number of nitrogens with zero attached hydrogens (tertiary/aromatic N) is 2. The van der Waals surface area contributed by atoms with Crippen molar-refractivity contribution in [1.82, 2.24) is 15.1 Å². The lowest BCUT2D eigenvalue weighted by Gasteiger charge is -2.29. The van der Waals surface area contributed by atoms with Gasteiger partial charge in [-0.3, -0.25) is 4.68 Å². The second-order valence-electron chi connectivity index (χ2n) is 6.46. The molecule has 1 fully saturated rings. The molecule has 1 aliphatic rings. The predicted molar refractivity (Wildman–Crippen MR) is 85.0 cm³/mol. The SMILES string of the molecule is CCCC1CCC(NCCCn2nc(C)cc2C)CC1. The quantitative estimate of drug-likeness (QED) is 0.767. The molecule has 0 unspecified atom stereocenters. The molecule has 1 N–H and O–H groups in total. The summed E-state index contributed by atoms with van der Waals surface area (Å²) in [6.07, 6.45) is 9.59. The third-order valence-corrected chi connectivity index (χ3v) is 4.63. The van der Waals surface area contributed by atoms with Crippen molar-refractivity contribution in [2.75, 3.05) is 6.54 Å². The Balaban J connectivity index is 1.59. The Kier molecular flexibility index (Phi) is 6.08. The van der Waals surface area contributed by atoms with E-state index in [4.69, 9.17) is 0 Å². The van der Waals surface area contributed by atoms with Crippen LogP contribution in [0.5, 0.6) is 0 Å². The van der Waals surface area contributed by atoms with Gasteiger partial charge >= 0.3 is 0 Å². The van der Waals surface area contributed by atoms with Gasteiger partial charge in [0.1, 0.15) is 0 Å². The summed E-state index contributed by atoms with van der Waals surface area (Å²) >= 11 is 0. The van der Waals surface area contributed by atoms with Gasteiger partial charge in [-0.2, -0.15) is 5.10 Å². The highest BCUT2D eigenvalue weighted by Crippen LogP contribution is 2.27. The van der Waals surface area contributed by atoms with Gasteiger partial charge in [0.05, 0.1) is 5.69 Å². The average Bonchev–Trinajstić information content (AvgIpc) is 2.75. The van der Waals surface area contributed by atoms with Crippen molar-refractivity contribution in [3.8, 4) is 0 Å². The number of aryl methyl sites for hydroxylation is 3. The highest BCUT2D eigenvalue weighted by Gasteiger charge is 2.19. The normalized spacial score (nSPS) is 23.1. The van der Waals surface area contributed by atoms with Crippen LogP contribution in [0.2, 0.25) is 0 Å². The highest BCUT2D eigenvalue weighted by atomic mass is 15.3. The van der Waals surface area contributed by atoms with Gasteiger partial charge in [0.2, 0.25) is 0 Å². The van der Waals surface area contributed by atoms with Crippen LogP contribution in [0.25, 0.3) is 0 Å². The minimum atomic E-state index is 0.767. The number of nitrogens with one attached hydrogen (secondary N) is 1. The van der Waals surface area contributed by atoms with E-state index in [1.807, 2.05) is 0 Å². The van der Waals surface area contributed by atoms with E-state index in [1.165, 1.54) is 50.6 Å². The Bertz CT molecular complexity index is 389. The maximum Gasteiger partial charge on any atom is 0.0596 e. The first-order valence-corrected chi connectivity index (χ1v) is 8.43. The van der Waals surface area contributed by atoms with Crippen LogP contribution in [0.1, 0.15) is 63.3 Å². The fourth-order valence-electron chi connectivity index (χ4n) is 3.50. The van der Waals surface area contributed by atoms with E-state index < -0.39 is 0 Å². The van der Waals surface area contributed by atoms with Crippen molar-refractivity contribution in [1.29, 1.82) is 0 Å². The van der Waals surface area contributed by atoms with Gasteiger partial charge in [0, 0.05) is 18.3 Å². The molecule has 0 radical (unpaired) electrons. The molecule has 0 spiro atoms. The summed E-state index contributed by atoms with van der Waals surface area (Å²) in [5.41, 5.74) is 2.41. The van der Waals surface area contributed by atoms with E-state index in [0.717, 1.165) is 30.7 Å². The summed E-state index contributed by atoms with van der Waals surface area (Å²) in [6.45, 7) is 8.68. The van der Waals surface area contributed by atoms with E-state index in [-0.39, 0.29) is 0 Å². The Morgan fingerprint density at radius 1 is 1.25 bits per heavy atom. The smallest absolute Gasteiger partial charge is 0.0596 e. The van der Waals surface area contributed by atoms with Crippen molar-refractivity contribution in [3.05, 3.63) is 17.5 Å². The fourth-order valence-corrected chi connectivity index (χ4v) is 3.50. The van der Waals surface area contributed by atoms with Crippen LogP contribution in [-0.2, 0) is 6.54 Å². The fraction of sp³-hybridized carbons (Fsp3) is 0.824. The zero-order valence-corrected chi connectivity index (χ0v) is 13.5. The van der Waals surface area contributed by atoms with Gasteiger partial charge in [0.15, 0.2) is 0 Å². The summed E-state index contributed by atoms with van der Waals surface area (Å²) in [5.74, 6) is 1.01. The molecule has 0 atom stereocenters. The van der Waals surface area contributed by atoms with Gasteiger partial charge in [0.25, 0.3) is 0 Å². The van der Waals surface area contributed by atoms with Crippen LogP contribution >= 0.6 is 0 Å². The molecule has 1 aromatic rings. The summed E-state index contributed by atoms with van der Waals surface area (Å²) < 4.78 is 2.13. The van der Waals surface area contributed by atoms with Crippen LogP contribution in [0, 0.1) is 19.8 Å². The van der Waals surface area contributed by atoms with Crippen LogP contribution in [0.15, 0.2) is 6.07 Å². The molecule has 1 heterocycles. The zero-order valence-electron chi connectivity index (χ0n) is 13.5. The summed E-state index contributed by atoms with van der Waals surface area (Å²) in [5, 5.41) is 8.25. The summed E-state index contributed by atoms with van der Waals surface area (Å²) in [4.78, 5) is 0. The first kappa shape index (κ1) is 15.6. The molecule has 3 nitrogen and oxygen atoms in total. The third kappa shape index (κ3) is 4.62. The molecular formula is C17H31N3. The highest BCUT2D eigenvalue weighted by molar-refractivity contribution is 5.06. The third-order valence-electron chi connectivity index (χ3n) is 4.63. The van der Waals surface area contributed by atoms with Crippen LogP contribution in [0.3, 0.4) is 0 Å². The van der Waals surface area contributed by atoms with Crippen molar-refractivity contribution in [2.24, 2.45) is 5.92 Å². The van der Waals surface area contributed by atoms with Gasteiger partial charge in [-0.15, -0.1) is 0 Å². The van der Waals surface area contributed by atoms with Crippen LogP contribution < -0.4 is 5.32 Å². The lowest BCUT2D eigenvalue weighted by atomic mass is 9.83.